The van der Waals surface area contributed by atoms with Crippen LogP contribution in [0.4, 0.5) is 4.39 Å². The summed E-state index contributed by atoms with van der Waals surface area (Å²) in [6, 6.07) is 6.41. The molecule has 0 radical (unpaired) electrons. The Labute approximate surface area is 158 Å². The second-order valence-corrected chi connectivity index (χ2v) is 7.62. The van der Waals surface area contributed by atoms with E-state index in [0.717, 1.165) is 10.7 Å². The van der Waals surface area contributed by atoms with E-state index in [-0.39, 0.29) is 24.0 Å². The van der Waals surface area contributed by atoms with Crippen molar-refractivity contribution in [3.05, 3.63) is 57.6 Å². The number of thioether (sulfide) groups is 1. The van der Waals surface area contributed by atoms with E-state index < -0.39 is 0 Å². The first-order valence-electron chi connectivity index (χ1n) is 7.85. The van der Waals surface area contributed by atoms with E-state index in [1.807, 2.05) is 12.3 Å². The van der Waals surface area contributed by atoms with Gasteiger partial charge in [0.15, 0.2) is 0 Å². The molecule has 0 saturated carbocycles. The Morgan fingerprint density at radius 2 is 2.15 bits per heavy atom. The molecule has 0 spiro atoms. The van der Waals surface area contributed by atoms with Gasteiger partial charge in [0.25, 0.3) is 5.22 Å². The third-order valence-corrected chi connectivity index (χ3v) is 5.18. The van der Waals surface area contributed by atoms with Crippen LogP contribution in [0.3, 0.4) is 0 Å². The smallest absolute Gasteiger partial charge is 0.277 e. The molecule has 0 N–H and O–H groups in total. The van der Waals surface area contributed by atoms with Crippen molar-refractivity contribution in [1.82, 2.24) is 20.1 Å². The van der Waals surface area contributed by atoms with Gasteiger partial charge < -0.3 is 9.32 Å². The minimum atomic E-state index is -0.321. The molecule has 0 fully saturated rings. The van der Waals surface area contributed by atoms with Gasteiger partial charge in [-0.05, 0) is 13.0 Å². The molecule has 1 amide bonds. The van der Waals surface area contributed by atoms with Crippen LogP contribution in [-0.2, 0) is 17.8 Å². The van der Waals surface area contributed by atoms with Gasteiger partial charge in [-0.2, -0.15) is 0 Å². The lowest BCUT2D eigenvalue weighted by Gasteiger charge is -2.16. The highest BCUT2D eigenvalue weighted by molar-refractivity contribution is 7.99. The van der Waals surface area contributed by atoms with Crippen LogP contribution in [0, 0.1) is 12.7 Å². The largest absolute Gasteiger partial charge is 0.416 e. The Kier molecular flexibility index (Phi) is 6.00. The summed E-state index contributed by atoms with van der Waals surface area (Å²) in [5, 5.41) is 11.2. The summed E-state index contributed by atoms with van der Waals surface area (Å²) in [6.07, 6.45) is 0.471. The number of nitrogens with zero attached hydrogens (tertiary/aromatic N) is 4. The normalized spacial score (nSPS) is 10.9. The number of hydrogen-bond donors (Lipinski definition) is 0. The zero-order valence-electron chi connectivity index (χ0n) is 14.3. The van der Waals surface area contributed by atoms with Crippen molar-refractivity contribution in [1.29, 1.82) is 0 Å². The van der Waals surface area contributed by atoms with Crippen molar-refractivity contribution >= 4 is 29.0 Å². The molecule has 26 heavy (non-hydrogen) atoms. The molecule has 0 bridgehead atoms. The lowest BCUT2D eigenvalue weighted by atomic mass is 10.2. The number of aryl methyl sites for hydroxylation is 1. The molecule has 9 heteroatoms. The monoisotopic (exact) mass is 392 g/mol. The Morgan fingerprint density at radius 3 is 2.88 bits per heavy atom. The van der Waals surface area contributed by atoms with Crippen LogP contribution in [0.15, 0.2) is 39.3 Å². The van der Waals surface area contributed by atoms with Crippen molar-refractivity contribution in [3.63, 3.8) is 0 Å². The van der Waals surface area contributed by atoms with Crippen molar-refractivity contribution in [2.75, 3.05) is 12.8 Å². The van der Waals surface area contributed by atoms with Crippen LogP contribution >= 0.6 is 23.1 Å². The van der Waals surface area contributed by atoms with E-state index in [1.165, 1.54) is 22.7 Å². The van der Waals surface area contributed by atoms with Gasteiger partial charge in [-0.15, -0.1) is 21.5 Å². The van der Waals surface area contributed by atoms with Gasteiger partial charge in [-0.3, -0.25) is 4.79 Å². The second kappa shape index (κ2) is 8.41. The SMILES string of the molecule is Cc1nc(Cc2nnc(SCC(=O)N(C)Cc3ccccc3F)o2)cs1. The molecule has 0 aliphatic heterocycles. The highest BCUT2D eigenvalue weighted by atomic mass is 32.2. The number of hydrogen-bond acceptors (Lipinski definition) is 7. The maximum absolute atomic E-state index is 13.7. The topological polar surface area (TPSA) is 72.1 Å². The van der Waals surface area contributed by atoms with E-state index in [1.54, 1.807) is 36.6 Å². The first kappa shape index (κ1) is 18.5. The van der Waals surface area contributed by atoms with Crippen molar-refractivity contribution in [3.8, 4) is 0 Å². The van der Waals surface area contributed by atoms with Crippen LogP contribution in [0.5, 0.6) is 0 Å². The molecule has 2 heterocycles. The van der Waals surface area contributed by atoms with E-state index in [0.29, 0.717) is 23.1 Å². The molecule has 2 aromatic heterocycles. The van der Waals surface area contributed by atoms with Crippen LogP contribution in [0.1, 0.15) is 22.2 Å². The Morgan fingerprint density at radius 1 is 1.35 bits per heavy atom. The van der Waals surface area contributed by atoms with Gasteiger partial charge in [0.1, 0.15) is 5.82 Å². The number of rotatable bonds is 7. The first-order valence-corrected chi connectivity index (χ1v) is 9.71. The molecule has 3 aromatic rings. The molecule has 0 saturated heterocycles. The fourth-order valence-corrected chi connectivity index (χ4v) is 3.55. The molecule has 136 valence electrons. The van der Waals surface area contributed by atoms with E-state index in [9.17, 15) is 9.18 Å². The van der Waals surface area contributed by atoms with Crippen LogP contribution in [-0.4, -0.2) is 38.8 Å². The standard InChI is InChI=1S/C17H17FN4O2S2/c1-11-19-13(9-25-11)7-15-20-21-17(24-15)26-10-16(23)22(2)8-12-5-3-4-6-14(12)18/h3-6,9H,7-8,10H2,1-2H3. The van der Waals surface area contributed by atoms with Gasteiger partial charge in [-0.25, -0.2) is 9.37 Å². The lowest BCUT2D eigenvalue weighted by Crippen LogP contribution is -2.28. The first-order chi connectivity index (χ1) is 12.5. The predicted octanol–water partition coefficient (Wildman–Crippen LogP) is 3.32. The second-order valence-electron chi connectivity index (χ2n) is 5.63. The van der Waals surface area contributed by atoms with E-state index >= 15 is 0 Å². The number of thiazole rings is 1. The molecular weight excluding hydrogens is 375 g/mol. The fraction of sp³-hybridized carbons (Fsp3) is 0.294. The van der Waals surface area contributed by atoms with Gasteiger partial charge in [0.05, 0.1) is 22.9 Å². The highest BCUT2D eigenvalue weighted by Gasteiger charge is 2.15. The van der Waals surface area contributed by atoms with Gasteiger partial charge >= 0.3 is 0 Å². The summed E-state index contributed by atoms with van der Waals surface area (Å²) in [5.41, 5.74) is 1.36. The number of halogens is 1. The molecule has 3 rings (SSSR count). The van der Waals surface area contributed by atoms with Gasteiger partial charge in [0.2, 0.25) is 11.8 Å². The van der Waals surface area contributed by atoms with Crippen molar-refractivity contribution < 1.29 is 13.6 Å². The van der Waals surface area contributed by atoms with Crippen LogP contribution in [0.2, 0.25) is 0 Å². The number of carbonyl (C=O) groups excluding carboxylic acids is 1. The molecule has 6 nitrogen and oxygen atoms in total. The highest BCUT2D eigenvalue weighted by Crippen LogP contribution is 2.19. The fourth-order valence-electron chi connectivity index (χ4n) is 2.22. The average Bonchev–Trinajstić information content (AvgIpc) is 3.24. The summed E-state index contributed by atoms with van der Waals surface area (Å²) in [5.74, 6) is 0.138. The van der Waals surface area contributed by atoms with E-state index in [2.05, 4.69) is 15.2 Å². The van der Waals surface area contributed by atoms with Crippen LogP contribution < -0.4 is 0 Å². The Hall–Kier alpha value is -2.26. The minimum absolute atomic E-state index is 0.141. The summed E-state index contributed by atoms with van der Waals surface area (Å²) in [4.78, 5) is 18.0. The number of benzene rings is 1. The van der Waals surface area contributed by atoms with Gasteiger partial charge in [-0.1, -0.05) is 30.0 Å². The molecule has 1 aromatic carbocycles. The maximum Gasteiger partial charge on any atom is 0.277 e. The zero-order chi connectivity index (χ0) is 18.5. The third-order valence-electron chi connectivity index (χ3n) is 3.56. The number of aromatic nitrogens is 3. The Bertz CT molecular complexity index is 896. The van der Waals surface area contributed by atoms with Crippen molar-refractivity contribution in [2.24, 2.45) is 0 Å². The predicted molar refractivity (Wildman–Crippen MR) is 97.6 cm³/mol. The van der Waals surface area contributed by atoms with Crippen LogP contribution in [0.25, 0.3) is 0 Å². The third kappa shape index (κ3) is 4.89. The zero-order valence-corrected chi connectivity index (χ0v) is 15.9. The number of amides is 1. The summed E-state index contributed by atoms with van der Waals surface area (Å²) < 4.78 is 19.2. The Balaban J connectivity index is 1.50. The summed E-state index contributed by atoms with van der Waals surface area (Å²) in [6.45, 7) is 2.15. The molecular formula is C17H17FN4O2S2. The maximum atomic E-state index is 13.7. The molecule has 0 aliphatic rings. The average molecular weight is 392 g/mol. The minimum Gasteiger partial charge on any atom is -0.416 e. The quantitative estimate of drug-likeness (QED) is 0.575. The van der Waals surface area contributed by atoms with E-state index in [4.69, 9.17) is 4.42 Å². The van der Waals surface area contributed by atoms with Crippen molar-refractivity contribution in [2.45, 2.75) is 25.1 Å². The molecule has 0 atom stereocenters. The summed E-state index contributed by atoms with van der Waals surface area (Å²) in [7, 11) is 1.64. The molecule has 0 unspecified atom stereocenters. The van der Waals surface area contributed by atoms with Gasteiger partial charge in [0, 0.05) is 24.5 Å². The molecule has 0 aliphatic carbocycles. The number of carbonyl (C=O) groups is 1. The lowest BCUT2D eigenvalue weighted by molar-refractivity contribution is -0.127. The summed E-state index contributed by atoms with van der Waals surface area (Å²) >= 11 is 2.73.